The van der Waals surface area contributed by atoms with Gasteiger partial charge in [0.05, 0.1) is 0 Å². The summed E-state index contributed by atoms with van der Waals surface area (Å²) in [4.78, 5) is 0. The first kappa shape index (κ1) is 15.1. The van der Waals surface area contributed by atoms with E-state index in [9.17, 15) is 8.78 Å². The van der Waals surface area contributed by atoms with E-state index in [-0.39, 0.29) is 12.1 Å². The smallest absolute Gasteiger partial charge is 0.133 e. The van der Waals surface area contributed by atoms with Gasteiger partial charge in [-0.3, -0.25) is 0 Å². The summed E-state index contributed by atoms with van der Waals surface area (Å²) in [6, 6.07) is 2.77. The lowest BCUT2D eigenvalue weighted by molar-refractivity contribution is 0.512. The maximum Gasteiger partial charge on any atom is 0.133 e. The first-order valence-electron chi connectivity index (χ1n) is 6.37. The molecule has 0 fully saturated rings. The lowest BCUT2D eigenvalue weighted by atomic mass is 10.1. The number of hydrogen-bond donors (Lipinski definition) is 2. The van der Waals surface area contributed by atoms with Gasteiger partial charge in [-0.2, -0.15) is 0 Å². The van der Waals surface area contributed by atoms with Gasteiger partial charge in [0.1, 0.15) is 11.6 Å². The van der Waals surface area contributed by atoms with E-state index in [1.807, 2.05) is 0 Å². The highest BCUT2D eigenvalue weighted by molar-refractivity contribution is 5.26. The monoisotopic (exact) mass is 256 g/mol. The molecule has 4 heteroatoms. The van der Waals surface area contributed by atoms with E-state index >= 15 is 0 Å². The van der Waals surface area contributed by atoms with Crippen LogP contribution in [0.3, 0.4) is 0 Å². The SMILES string of the molecule is Cc1ccc(F)c(CNCCNCC(C)C)c1F. The fourth-order valence-electron chi connectivity index (χ4n) is 1.66. The van der Waals surface area contributed by atoms with Gasteiger partial charge in [0.2, 0.25) is 0 Å². The summed E-state index contributed by atoms with van der Waals surface area (Å²) in [5.74, 6) is -0.324. The summed E-state index contributed by atoms with van der Waals surface area (Å²) in [6.07, 6.45) is 0. The average Bonchev–Trinajstić information content (AvgIpc) is 2.32. The predicted molar refractivity (Wildman–Crippen MR) is 70.5 cm³/mol. The Morgan fingerprint density at radius 3 is 2.44 bits per heavy atom. The van der Waals surface area contributed by atoms with Crippen molar-refractivity contribution in [1.29, 1.82) is 0 Å². The summed E-state index contributed by atoms with van der Waals surface area (Å²) in [7, 11) is 0. The van der Waals surface area contributed by atoms with Crippen molar-refractivity contribution in [2.45, 2.75) is 27.3 Å². The van der Waals surface area contributed by atoms with Crippen LogP contribution in [0.25, 0.3) is 0 Å². The lowest BCUT2D eigenvalue weighted by Gasteiger charge is -2.10. The number of nitrogens with one attached hydrogen (secondary N) is 2. The van der Waals surface area contributed by atoms with Gasteiger partial charge in [0.25, 0.3) is 0 Å². The van der Waals surface area contributed by atoms with Gasteiger partial charge >= 0.3 is 0 Å². The van der Waals surface area contributed by atoms with Crippen LogP contribution in [-0.2, 0) is 6.54 Å². The van der Waals surface area contributed by atoms with Gasteiger partial charge in [-0.05, 0) is 31.0 Å². The normalized spacial score (nSPS) is 11.2. The molecular formula is C14H22F2N2. The van der Waals surface area contributed by atoms with Gasteiger partial charge in [0, 0.05) is 25.2 Å². The fourth-order valence-corrected chi connectivity index (χ4v) is 1.66. The van der Waals surface area contributed by atoms with Crippen LogP contribution in [0.5, 0.6) is 0 Å². The second kappa shape index (κ2) is 7.44. The maximum absolute atomic E-state index is 13.6. The number of halogens is 2. The molecule has 18 heavy (non-hydrogen) atoms. The minimum Gasteiger partial charge on any atom is -0.315 e. The molecule has 0 saturated carbocycles. The minimum absolute atomic E-state index is 0.124. The van der Waals surface area contributed by atoms with Crippen molar-refractivity contribution >= 4 is 0 Å². The molecule has 0 aliphatic rings. The maximum atomic E-state index is 13.6. The van der Waals surface area contributed by atoms with Gasteiger partial charge in [-0.1, -0.05) is 19.9 Å². The van der Waals surface area contributed by atoms with Crippen LogP contribution in [0.2, 0.25) is 0 Å². The van der Waals surface area contributed by atoms with Crippen LogP contribution >= 0.6 is 0 Å². The van der Waals surface area contributed by atoms with E-state index in [0.29, 0.717) is 18.0 Å². The number of hydrogen-bond acceptors (Lipinski definition) is 2. The molecule has 2 nitrogen and oxygen atoms in total. The summed E-state index contributed by atoms with van der Waals surface area (Å²) < 4.78 is 27.1. The van der Waals surface area contributed by atoms with Crippen molar-refractivity contribution in [3.8, 4) is 0 Å². The van der Waals surface area contributed by atoms with Crippen molar-refractivity contribution in [3.63, 3.8) is 0 Å². The molecule has 0 aromatic heterocycles. The number of rotatable bonds is 7. The summed E-state index contributed by atoms with van der Waals surface area (Å²) in [5, 5.41) is 6.30. The van der Waals surface area contributed by atoms with E-state index in [1.54, 1.807) is 6.92 Å². The highest BCUT2D eigenvalue weighted by Crippen LogP contribution is 2.15. The zero-order chi connectivity index (χ0) is 13.5. The van der Waals surface area contributed by atoms with Crippen LogP contribution in [0.15, 0.2) is 12.1 Å². The molecule has 0 aliphatic carbocycles. The summed E-state index contributed by atoms with van der Waals surface area (Å²) >= 11 is 0. The predicted octanol–water partition coefficient (Wildman–Crippen LogP) is 2.61. The number of aryl methyl sites for hydroxylation is 1. The van der Waals surface area contributed by atoms with Gasteiger partial charge in [-0.15, -0.1) is 0 Å². The second-order valence-corrected chi connectivity index (χ2v) is 4.93. The molecule has 2 N–H and O–H groups in total. The fraction of sp³-hybridized carbons (Fsp3) is 0.571. The quantitative estimate of drug-likeness (QED) is 0.733. The molecule has 0 heterocycles. The first-order valence-corrected chi connectivity index (χ1v) is 6.37. The molecule has 0 unspecified atom stereocenters. The molecule has 0 spiro atoms. The number of benzene rings is 1. The Hall–Kier alpha value is -1.00. The molecule has 0 aliphatic heterocycles. The van der Waals surface area contributed by atoms with E-state index in [0.717, 1.165) is 13.1 Å². The van der Waals surface area contributed by atoms with E-state index < -0.39 is 11.6 Å². The van der Waals surface area contributed by atoms with Crippen molar-refractivity contribution in [3.05, 3.63) is 34.9 Å². The Kier molecular flexibility index (Phi) is 6.22. The molecule has 0 atom stereocenters. The minimum atomic E-state index is -0.485. The van der Waals surface area contributed by atoms with Gasteiger partial charge < -0.3 is 10.6 Å². The van der Waals surface area contributed by atoms with E-state index in [2.05, 4.69) is 24.5 Å². The van der Waals surface area contributed by atoms with Gasteiger partial charge in [-0.25, -0.2) is 8.78 Å². The molecule has 1 aromatic carbocycles. The Morgan fingerprint density at radius 1 is 1.11 bits per heavy atom. The third-order valence-electron chi connectivity index (χ3n) is 2.71. The molecule has 1 rings (SSSR count). The first-order chi connectivity index (χ1) is 8.52. The van der Waals surface area contributed by atoms with E-state index in [1.165, 1.54) is 12.1 Å². The molecular weight excluding hydrogens is 234 g/mol. The van der Waals surface area contributed by atoms with E-state index in [4.69, 9.17) is 0 Å². The van der Waals surface area contributed by atoms with Crippen LogP contribution in [0.1, 0.15) is 25.0 Å². The molecule has 102 valence electrons. The van der Waals surface area contributed by atoms with Gasteiger partial charge in [0.15, 0.2) is 0 Å². The third kappa shape index (κ3) is 4.70. The molecule has 1 aromatic rings. The van der Waals surface area contributed by atoms with Crippen LogP contribution in [0.4, 0.5) is 8.78 Å². The summed E-state index contributed by atoms with van der Waals surface area (Å²) in [6.45, 7) is 8.59. The standard InChI is InChI=1S/C14H22F2N2/c1-10(2)8-17-6-7-18-9-12-13(15)5-4-11(3)14(12)16/h4-5,10,17-18H,6-9H2,1-3H3. The van der Waals surface area contributed by atoms with Crippen molar-refractivity contribution in [2.24, 2.45) is 5.92 Å². The van der Waals surface area contributed by atoms with Crippen LogP contribution < -0.4 is 10.6 Å². The Balaban J connectivity index is 2.33. The molecule has 0 radical (unpaired) electrons. The Morgan fingerprint density at radius 2 is 1.78 bits per heavy atom. The molecule has 0 saturated heterocycles. The highest BCUT2D eigenvalue weighted by atomic mass is 19.1. The lowest BCUT2D eigenvalue weighted by Crippen LogP contribution is -2.29. The largest absolute Gasteiger partial charge is 0.315 e. The Bertz CT molecular complexity index is 378. The molecule has 0 amide bonds. The van der Waals surface area contributed by atoms with Crippen LogP contribution in [-0.4, -0.2) is 19.6 Å². The van der Waals surface area contributed by atoms with Crippen molar-refractivity contribution in [2.75, 3.05) is 19.6 Å². The van der Waals surface area contributed by atoms with Crippen molar-refractivity contribution < 1.29 is 8.78 Å². The van der Waals surface area contributed by atoms with Crippen molar-refractivity contribution in [1.82, 2.24) is 10.6 Å². The summed E-state index contributed by atoms with van der Waals surface area (Å²) in [5.41, 5.74) is 0.602. The Labute approximate surface area is 108 Å². The zero-order valence-electron chi connectivity index (χ0n) is 11.3. The topological polar surface area (TPSA) is 24.1 Å². The third-order valence-corrected chi connectivity index (χ3v) is 2.71. The molecule has 0 bridgehead atoms. The van der Waals surface area contributed by atoms with Crippen LogP contribution in [0, 0.1) is 24.5 Å². The zero-order valence-corrected chi connectivity index (χ0v) is 11.3. The average molecular weight is 256 g/mol. The highest BCUT2D eigenvalue weighted by Gasteiger charge is 2.10. The second-order valence-electron chi connectivity index (χ2n) is 4.93.